The van der Waals surface area contributed by atoms with Crippen molar-refractivity contribution in [3.8, 4) is 16.9 Å². The van der Waals surface area contributed by atoms with E-state index in [1.807, 2.05) is 19.1 Å². The fourth-order valence-corrected chi connectivity index (χ4v) is 4.74. The zero-order valence-corrected chi connectivity index (χ0v) is 19.8. The smallest absolute Gasteiger partial charge is 0.222 e. The number of fused-ring (bicyclic) bond motifs is 2. The molecule has 1 aliphatic heterocycles. The van der Waals surface area contributed by atoms with E-state index >= 15 is 0 Å². The van der Waals surface area contributed by atoms with Crippen LogP contribution in [0.4, 0.5) is 16.2 Å². The van der Waals surface area contributed by atoms with Crippen LogP contribution in [0.25, 0.3) is 22.2 Å². The maximum absolute atomic E-state index is 13.5. The lowest BCUT2D eigenvalue weighted by Gasteiger charge is -2.25. The summed E-state index contributed by atoms with van der Waals surface area (Å²) in [6, 6.07) is 19.0. The summed E-state index contributed by atoms with van der Waals surface area (Å²) in [4.78, 5) is 18.8. The van der Waals surface area contributed by atoms with Gasteiger partial charge in [-0.3, -0.25) is 0 Å². The van der Waals surface area contributed by atoms with Crippen LogP contribution in [0.15, 0.2) is 67.0 Å². The molecule has 0 spiro atoms. The van der Waals surface area contributed by atoms with Crippen LogP contribution < -0.4 is 15.4 Å². The summed E-state index contributed by atoms with van der Waals surface area (Å²) in [5, 5.41) is 0. The predicted molar refractivity (Wildman–Crippen MR) is 138 cm³/mol. The molecule has 0 unspecified atom stereocenters. The number of benzene rings is 3. The molecule has 3 aromatic carbocycles. The van der Waals surface area contributed by atoms with Gasteiger partial charge < -0.3 is 20.4 Å². The normalized spacial score (nSPS) is 13.3. The third-order valence-corrected chi connectivity index (χ3v) is 6.60. The lowest BCUT2D eigenvalue weighted by Crippen LogP contribution is -2.28. The van der Waals surface area contributed by atoms with Crippen molar-refractivity contribution in [3.05, 3.63) is 95.2 Å². The number of rotatable bonds is 4. The van der Waals surface area contributed by atoms with Crippen LogP contribution in [0, 0.1) is 12.7 Å². The molecule has 0 saturated carbocycles. The maximum Gasteiger partial charge on any atom is 0.222 e. The van der Waals surface area contributed by atoms with Gasteiger partial charge >= 0.3 is 0 Å². The SMILES string of the molecule is Cc1nc(N)nc(N2CCOc3ccc(-c4ccc5[nH]cnc5c4)cc3C2)c1Cc1ccc(F)cc1. The van der Waals surface area contributed by atoms with E-state index in [1.54, 1.807) is 18.5 Å². The minimum absolute atomic E-state index is 0.233. The van der Waals surface area contributed by atoms with Gasteiger partial charge in [-0.2, -0.15) is 4.98 Å². The van der Waals surface area contributed by atoms with Gasteiger partial charge in [0.25, 0.3) is 0 Å². The highest BCUT2D eigenvalue weighted by Gasteiger charge is 2.22. The number of anilines is 2. The molecule has 3 N–H and O–H groups in total. The molecule has 8 heteroatoms. The number of nitrogens with two attached hydrogens (primary N) is 1. The Morgan fingerprint density at radius 3 is 2.69 bits per heavy atom. The van der Waals surface area contributed by atoms with Crippen molar-refractivity contribution < 1.29 is 9.13 Å². The van der Waals surface area contributed by atoms with E-state index in [1.165, 1.54) is 12.1 Å². The van der Waals surface area contributed by atoms with Crippen molar-refractivity contribution in [1.29, 1.82) is 0 Å². The van der Waals surface area contributed by atoms with Crippen LogP contribution in [0.3, 0.4) is 0 Å². The number of aromatic nitrogens is 4. The second-order valence-corrected chi connectivity index (χ2v) is 9.00. The molecule has 2 aromatic heterocycles. The number of aromatic amines is 1. The van der Waals surface area contributed by atoms with Crippen molar-refractivity contribution in [2.75, 3.05) is 23.8 Å². The topological polar surface area (TPSA) is 93.0 Å². The molecule has 36 heavy (non-hydrogen) atoms. The summed E-state index contributed by atoms with van der Waals surface area (Å²) in [6.07, 6.45) is 2.28. The van der Waals surface area contributed by atoms with E-state index in [0.29, 0.717) is 26.1 Å². The molecule has 6 rings (SSSR count). The Hall–Kier alpha value is -4.46. The minimum atomic E-state index is -0.257. The van der Waals surface area contributed by atoms with Crippen LogP contribution in [0.1, 0.15) is 22.4 Å². The van der Waals surface area contributed by atoms with E-state index in [9.17, 15) is 4.39 Å². The number of H-pyrrole nitrogens is 1. The quantitative estimate of drug-likeness (QED) is 0.374. The summed E-state index contributed by atoms with van der Waals surface area (Å²) in [5.41, 5.74) is 14.0. The number of ether oxygens (including phenoxy) is 1. The minimum Gasteiger partial charge on any atom is -0.491 e. The number of aryl methyl sites for hydroxylation is 1. The summed E-state index contributed by atoms with van der Waals surface area (Å²) < 4.78 is 19.6. The van der Waals surface area contributed by atoms with Crippen LogP contribution in [0.2, 0.25) is 0 Å². The highest BCUT2D eigenvalue weighted by molar-refractivity contribution is 5.81. The molecule has 0 fully saturated rings. The Kier molecular flexibility index (Phi) is 5.48. The third-order valence-electron chi connectivity index (χ3n) is 6.60. The average Bonchev–Trinajstić information content (AvgIpc) is 3.24. The van der Waals surface area contributed by atoms with E-state index in [-0.39, 0.29) is 11.8 Å². The number of imidazole rings is 1. The Labute approximate surface area is 207 Å². The van der Waals surface area contributed by atoms with E-state index in [0.717, 1.165) is 56.1 Å². The second-order valence-electron chi connectivity index (χ2n) is 9.00. The van der Waals surface area contributed by atoms with Gasteiger partial charge in [0.05, 0.1) is 23.9 Å². The molecule has 0 saturated heterocycles. The molecule has 180 valence electrons. The summed E-state index contributed by atoms with van der Waals surface area (Å²) in [7, 11) is 0. The molecular formula is C28H25FN6O. The summed E-state index contributed by atoms with van der Waals surface area (Å²) >= 11 is 0. The Bertz CT molecular complexity index is 1560. The van der Waals surface area contributed by atoms with Gasteiger partial charge in [0.1, 0.15) is 24.0 Å². The van der Waals surface area contributed by atoms with Gasteiger partial charge in [0.2, 0.25) is 5.95 Å². The van der Waals surface area contributed by atoms with Crippen LogP contribution in [-0.4, -0.2) is 33.1 Å². The second kappa shape index (κ2) is 8.96. The van der Waals surface area contributed by atoms with Crippen molar-refractivity contribution in [3.63, 3.8) is 0 Å². The molecule has 5 aromatic rings. The van der Waals surface area contributed by atoms with Gasteiger partial charge in [0.15, 0.2) is 0 Å². The van der Waals surface area contributed by atoms with Crippen molar-refractivity contribution in [1.82, 2.24) is 19.9 Å². The summed E-state index contributed by atoms with van der Waals surface area (Å²) in [5.74, 6) is 1.62. The molecule has 0 bridgehead atoms. The zero-order valence-electron chi connectivity index (χ0n) is 19.8. The van der Waals surface area contributed by atoms with Crippen LogP contribution >= 0.6 is 0 Å². The molecular weight excluding hydrogens is 455 g/mol. The largest absolute Gasteiger partial charge is 0.491 e. The average molecular weight is 481 g/mol. The van der Waals surface area contributed by atoms with Gasteiger partial charge in [-0.25, -0.2) is 14.4 Å². The molecule has 1 aliphatic rings. The first-order valence-electron chi connectivity index (χ1n) is 11.8. The summed E-state index contributed by atoms with van der Waals surface area (Å²) in [6.45, 7) is 3.71. The number of nitrogen functional groups attached to an aromatic ring is 1. The van der Waals surface area contributed by atoms with Crippen LogP contribution in [0.5, 0.6) is 5.75 Å². The first kappa shape index (κ1) is 22.0. The highest BCUT2D eigenvalue weighted by atomic mass is 19.1. The fraction of sp³-hybridized carbons (Fsp3) is 0.179. The number of nitrogens with zero attached hydrogens (tertiary/aromatic N) is 4. The van der Waals surface area contributed by atoms with Gasteiger partial charge in [-0.05, 0) is 60.0 Å². The van der Waals surface area contributed by atoms with Gasteiger partial charge in [-0.1, -0.05) is 24.3 Å². The molecule has 0 radical (unpaired) electrons. The standard InChI is InChI=1S/C28H25FN6O/c1-17-23(12-18-2-6-22(29)7-3-18)27(34-28(30)33-17)35-10-11-36-26-9-5-19(13-21(26)15-35)20-4-8-24-25(14-20)32-16-31-24/h2-9,13-14,16H,10-12,15H2,1H3,(H,31,32)(H2,30,33,34). The number of nitrogens with one attached hydrogen (secondary N) is 1. The number of hydrogen-bond donors (Lipinski definition) is 2. The fourth-order valence-electron chi connectivity index (χ4n) is 4.74. The molecule has 0 atom stereocenters. The first-order chi connectivity index (χ1) is 17.5. The van der Waals surface area contributed by atoms with Gasteiger partial charge in [0, 0.05) is 29.8 Å². The molecule has 7 nitrogen and oxygen atoms in total. The van der Waals surface area contributed by atoms with Crippen molar-refractivity contribution in [2.24, 2.45) is 0 Å². The Morgan fingerprint density at radius 2 is 1.83 bits per heavy atom. The number of hydrogen-bond acceptors (Lipinski definition) is 6. The highest BCUT2D eigenvalue weighted by Crippen LogP contribution is 2.33. The monoisotopic (exact) mass is 480 g/mol. The van der Waals surface area contributed by atoms with E-state index in [2.05, 4.69) is 49.1 Å². The zero-order chi connectivity index (χ0) is 24.6. The Morgan fingerprint density at radius 1 is 1.03 bits per heavy atom. The molecule has 0 amide bonds. The number of halogens is 1. The van der Waals surface area contributed by atoms with Crippen molar-refractivity contribution in [2.45, 2.75) is 19.9 Å². The predicted octanol–water partition coefficient (Wildman–Crippen LogP) is 5.04. The van der Waals surface area contributed by atoms with Gasteiger partial charge in [-0.15, -0.1) is 0 Å². The van der Waals surface area contributed by atoms with E-state index < -0.39 is 0 Å². The maximum atomic E-state index is 13.5. The molecule has 0 aliphatic carbocycles. The Balaban J connectivity index is 1.36. The van der Waals surface area contributed by atoms with E-state index in [4.69, 9.17) is 10.5 Å². The molecule has 3 heterocycles. The first-order valence-corrected chi connectivity index (χ1v) is 11.8. The van der Waals surface area contributed by atoms with Crippen LogP contribution in [-0.2, 0) is 13.0 Å². The third kappa shape index (κ3) is 4.22. The lowest BCUT2D eigenvalue weighted by atomic mass is 10.0. The lowest BCUT2D eigenvalue weighted by molar-refractivity contribution is 0.331. The van der Waals surface area contributed by atoms with Crippen molar-refractivity contribution >= 4 is 22.8 Å².